The van der Waals surface area contributed by atoms with Crippen LogP contribution in [-0.2, 0) is 0 Å². The molecule has 0 spiro atoms. The van der Waals surface area contributed by atoms with Gasteiger partial charge in [0, 0.05) is 0 Å². The van der Waals surface area contributed by atoms with Crippen LogP contribution in [0.5, 0.6) is 5.75 Å². The fraction of sp³-hybridized carbons (Fsp3) is 0.273. The lowest BCUT2D eigenvalue weighted by molar-refractivity contribution is 0.0778. The van der Waals surface area contributed by atoms with Gasteiger partial charge in [-0.1, -0.05) is 24.8 Å². The molecule has 0 fully saturated rings. The highest BCUT2D eigenvalue weighted by molar-refractivity contribution is 5.21. The van der Waals surface area contributed by atoms with E-state index in [4.69, 9.17) is 4.74 Å². The number of hydrogen-bond donors (Lipinski definition) is 1. The normalized spacial score (nSPS) is 14.6. The second kappa shape index (κ2) is 4.67. The van der Waals surface area contributed by atoms with Gasteiger partial charge in [-0.2, -0.15) is 0 Å². The van der Waals surface area contributed by atoms with Crippen molar-refractivity contribution in [2.75, 3.05) is 0 Å². The maximum Gasteiger partial charge on any atom is 0.142 e. The lowest BCUT2D eigenvalue weighted by Gasteiger charge is -2.17. The molecule has 0 saturated carbocycles. The van der Waals surface area contributed by atoms with Crippen molar-refractivity contribution in [3.05, 3.63) is 43.0 Å². The van der Waals surface area contributed by atoms with Gasteiger partial charge >= 0.3 is 0 Å². The van der Waals surface area contributed by atoms with Gasteiger partial charge in [0.25, 0.3) is 0 Å². The molecule has 70 valence electrons. The highest BCUT2D eigenvalue weighted by Gasteiger charge is 2.11. The summed E-state index contributed by atoms with van der Waals surface area (Å²) in [6.07, 6.45) is 0.706. The first-order valence-electron chi connectivity index (χ1n) is 4.26. The molecule has 0 amide bonds. The topological polar surface area (TPSA) is 29.5 Å². The Balaban J connectivity index is 2.62. The van der Waals surface area contributed by atoms with E-state index in [2.05, 4.69) is 6.58 Å². The van der Waals surface area contributed by atoms with Crippen LogP contribution >= 0.6 is 0 Å². The Kier molecular flexibility index (Phi) is 3.53. The Morgan fingerprint density at radius 3 is 2.46 bits per heavy atom. The minimum atomic E-state index is -0.544. The molecule has 2 heteroatoms. The van der Waals surface area contributed by atoms with Crippen molar-refractivity contribution in [3.63, 3.8) is 0 Å². The van der Waals surface area contributed by atoms with Crippen molar-refractivity contribution in [1.29, 1.82) is 0 Å². The van der Waals surface area contributed by atoms with Crippen LogP contribution in [0.25, 0.3) is 0 Å². The summed E-state index contributed by atoms with van der Waals surface area (Å²) in [5.74, 6) is 0.744. The standard InChI is InChI=1S/C11H14O2/c1-3-11(9(2)12)13-10-7-5-4-6-8-10/h3-9,11-12H,1H2,2H3. The molecule has 2 unspecified atom stereocenters. The van der Waals surface area contributed by atoms with E-state index in [0.29, 0.717) is 0 Å². The van der Waals surface area contributed by atoms with E-state index in [1.165, 1.54) is 0 Å². The second-order valence-electron chi connectivity index (χ2n) is 2.87. The SMILES string of the molecule is C=CC(Oc1ccccc1)C(C)O. The molecule has 1 rings (SSSR count). The van der Waals surface area contributed by atoms with Crippen LogP contribution in [-0.4, -0.2) is 17.3 Å². The van der Waals surface area contributed by atoms with Crippen molar-refractivity contribution in [1.82, 2.24) is 0 Å². The molecule has 0 aliphatic carbocycles. The Labute approximate surface area is 78.5 Å². The molecule has 1 aromatic carbocycles. The highest BCUT2D eigenvalue weighted by atomic mass is 16.5. The summed E-state index contributed by atoms with van der Waals surface area (Å²) in [7, 11) is 0. The van der Waals surface area contributed by atoms with Gasteiger partial charge in [0.15, 0.2) is 0 Å². The second-order valence-corrected chi connectivity index (χ2v) is 2.87. The summed E-state index contributed by atoms with van der Waals surface area (Å²) < 4.78 is 5.46. The third-order valence-corrected chi connectivity index (χ3v) is 1.72. The van der Waals surface area contributed by atoms with Crippen LogP contribution in [0.3, 0.4) is 0 Å². The molecule has 2 atom stereocenters. The third-order valence-electron chi connectivity index (χ3n) is 1.72. The Bertz CT molecular complexity index is 254. The van der Waals surface area contributed by atoms with E-state index in [-0.39, 0.29) is 6.10 Å². The van der Waals surface area contributed by atoms with Crippen molar-refractivity contribution in [2.24, 2.45) is 0 Å². The van der Waals surface area contributed by atoms with Crippen LogP contribution in [0, 0.1) is 0 Å². The van der Waals surface area contributed by atoms with E-state index in [1.807, 2.05) is 30.3 Å². The first kappa shape index (κ1) is 9.81. The Morgan fingerprint density at radius 1 is 1.38 bits per heavy atom. The average Bonchev–Trinajstić information content (AvgIpc) is 2.15. The lowest BCUT2D eigenvalue weighted by atomic mass is 10.2. The molecule has 0 aliphatic rings. The van der Waals surface area contributed by atoms with Gasteiger partial charge in [-0.25, -0.2) is 0 Å². The summed E-state index contributed by atoms with van der Waals surface area (Å²) >= 11 is 0. The fourth-order valence-electron chi connectivity index (χ4n) is 1.000. The summed E-state index contributed by atoms with van der Waals surface area (Å²) in [4.78, 5) is 0. The van der Waals surface area contributed by atoms with E-state index < -0.39 is 6.10 Å². The maximum atomic E-state index is 9.28. The number of benzene rings is 1. The van der Waals surface area contributed by atoms with E-state index in [1.54, 1.807) is 13.0 Å². The van der Waals surface area contributed by atoms with Crippen molar-refractivity contribution in [3.8, 4) is 5.75 Å². The van der Waals surface area contributed by atoms with Gasteiger partial charge in [0.05, 0.1) is 6.10 Å². The molecule has 0 saturated heterocycles. The van der Waals surface area contributed by atoms with Gasteiger partial charge in [0.2, 0.25) is 0 Å². The molecule has 0 aromatic heterocycles. The first-order chi connectivity index (χ1) is 6.24. The minimum Gasteiger partial charge on any atom is -0.484 e. The van der Waals surface area contributed by atoms with Crippen LogP contribution in [0.1, 0.15) is 6.92 Å². The number of ether oxygens (including phenoxy) is 1. The molecule has 1 aromatic rings. The van der Waals surface area contributed by atoms with Crippen molar-refractivity contribution >= 4 is 0 Å². The van der Waals surface area contributed by atoms with E-state index >= 15 is 0 Å². The predicted molar refractivity (Wildman–Crippen MR) is 52.7 cm³/mol. The molecule has 13 heavy (non-hydrogen) atoms. The number of para-hydroxylation sites is 1. The number of hydrogen-bond acceptors (Lipinski definition) is 2. The van der Waals surface area contributed by atoms with Gasteiger partial charge in [-0.05, 0) is 25.1 Å². The lowest BCUT2D eigenvalue weighted by Crippen LogP contribution is -2.26. The molecule has 0 radical (unpaired) electrons. The van der Waals surface area contributed by atoms with Crippen molar-refractivity contribution in [2.45, 2.75) is 19.1 Å². The zero-order valence-electron chi connectivity index (χ0n) is 7.68. The average molecular weight is 178 g/mol. The van der Waals surface area contributed by atoms with Gasteiger partial charge in [-0.15, -0.1) is 0 Å². The quantitative estimate of drug-likeness (QED) is 0.714. The van der Waals surface area contributed by atoms with E-state index in [0.717, 1.165) is 5.75 Å². The molecule has 0 aliphatic heterocycles. The van der Waals surface area contributed by atoms with E-state index in [9.17, 15) is 5.11 Å². The molecule has 2 nitrogen and oxygen atoms in total. The molecule has 1 N–H and O–H groups in total. The smallest absolute Gasteiger partial charge is 0.142 e. The largest absolute Gasteiger partial charge is 0.484 e. The van der Waals surface area contributed by atoms with Crippen molar-refractivity contribution < 1.29 is 9.84 Å². The number of rotatable bonds is 4. The van der Waals surface area contributed by atoms with Crippen LogP contribution in [0.4, 0.5) is 0 Å². The van der Waals surface area contributed by atoms with Gasteiger partial charge < -0.3 is 9.84 Å². The van der Waals surface area contributed by atoms with Crippen LogP contribution in [0.15, 0.2) is 43.0 Å². The predicted octanol–water partition coefficient (Wildman–Crippen LogP) is 2.00. The summed E-state index contributed by atoms with van der Waals surface area (Å²) in [5, 5.41) is 9.28. The zero-order chi connectivity index (χ0) is 9.68. The first-order valence-corrected chi connectivity index (χ1v) is 4.26. The summed E-state index contributed by atoms with van der Waals surface area (Å²) in [5.41, 5.74) is 0. The maximum absolute atomic E-state index is 9.28. The highest BCUT2D eigenvalue weighted by Crippen LogP contribution is 2.12. The summed E-state index contributed by atoms with van der Waals surface area (Å²) in [6, 6.07) is 9.38. The Hall–Kier alpha value is -1.28. The van der Waals surface area contributed by atoms with Gasteiger partial charge in [0.1, 0.15) is 11.9 Å². The fourth-order valence-corrected chi connectivity index (χ4v) is 1.000. The molecule has 0 bridgehead atoms. The Morgan fingerprint density at radius 2 is 2.00 bits per heavy atom. The number of aliphatic hydroxyl groups is 1. The molecule has 0 heterocycles. The molecular formula is C11H14O2. The molecular weight excluding hydrogens is 164 g/mol. The number of aliphatic hydroxyl groups excluding tert-OH is 1. The third kappa shape index (κ3) is 2.92. The van der Waals surface area contributed by atoms with Crippen LogP contribution < -0.4 is 4.74 Å². The monoisotopic (exact) mass is 178 g/mol. The zero-order valence-corrected chi connectivity index (χ0v) is 7.68. The summed E-state index contributed by atoms with van der Waals surface area (Å²) in [6.45, 7) is 5.27. The van der Waals surface area contributed by atoms with Crippen LogP contribution in [0.2, 0.25) is 0 Å². The van der Waals surface area contributed by atoms with Gasteiger partial charge in [-0.3, -0.25) is 0 Å². The minimum absolute atomic E-state index is 0.345.